The predicted molar refractivity (Wildman–Crippen MR) is 155 cm³/mol. The SMILES string of the molecule is CCC=C1c2c(cc(OCC)c(OCC)c2F)C(C)(C)N1CC(=O)c1cc2c(c(C(C)(C)C)c1)OCCN2C. The number of fused-ring (bicyclic) bond motifs is 2. The first-order valence-electron chi connectivity index (χ1n) is 14.0. The number of ether oxygens (including phenoxy) is 3. The average molecular weight is 539 g/mol. The van der Waals surface area contributed by atoms with Crippen LogP contribution in [0.15, 0.2) is 24.3 Å². The lowest BCUT2D eigenvalue weighted by Crippen LogP contribution is -2.38. The topological polar surface area (TPSA) is 51.2 Å². The summed E-state index contributed by atoms with van der Waals surface area (Å²) < 4.78 is 33.7. The molecule has 0 unspecified atom stereocenters. The Labute approximate surface area is 232 Å². The summed E-state index contributed by atoms with van der Waals surface area (Å²) in [7, 11) is 2.03. The smallest absolute Gasteiger partial charge is 0.197 e. The first-order chi connectivity index (χ1) is 18.4. The van der Waals surface area contributed by atoms with Crippen LogP contribution in [0, 0.1) is 5.82 Å². The summed E-state index contributed by atoms with van der Waals surface area (Å²) in [5.74, 6) is 0.892. The molecular formula is C32H43FN2O4. The van der Waals surface area contributed by atoms with E-state index in [1.807, 2.05) is 70.8 Å². The molecule has 2 aliphatic heterocycles. The highest BCUT2D eigenvalue weighted by molar-refractivity contribution is 6.00. The van der Waals surface area contributed by atoms with Crippen LogP contribution >= 0.6 is 0 Å². The van der Waals surface area contributed by atoms with Crippen LogP contribution in [-0.2, 0) is 11.0 Å². The van der Waals surface area contributed by atoms with E-state index in [-0.39, 0.29) is 23.5 Å². The molecule has 0 aliphatic carbocycles. The predicted octanol–water partition coefficient (Wildman–Crippen LogP) is 6.93. The summed E-state index contributed by atoms with van der Waals surface area (Å²) in [6.07, 6.45) is 2.69. The Balaban J connectivity index is 1.80. The van der Waals surface area contributed by atoms with Crippen LogP contribution < -0.4 is 19.1 Å². The molecule has 7 heteroatoms. The van der Waals surface area contributed by atoms with Gasteiger partial charge in [-0.25, -0.2) is 4.39 Å². The summed E-state index contributed by atoms with van der Waals surface area (Å²) in [5, 5.41) is 0. The molecule has 0 aromatic heterocycles. The number of anilines is 1. The van der Waals surface area contributed by atoms with Gasteiger partial charge in [-0.2, -0.15) is 0 Å². The van der Waals surface area contributed by atoms with E-state index in [1.165, 1.54) is 0 Å². The minimum Gasteiger partial charge on any atom is -0.490 e. The van der Waals surface area contributed by atoms with Crippen molar-refractivity contribution >= 4 is 17.2 Å². The fraction of sp³-hybridized carbons (Fsp3) is 0.531. The number of ketones is 1. The number of nitrogens with zero attached hydrogens (tertiary/aromatic N) is 2. The molecule has 4 rings (SSSR count). The van der Waals surface area contributed by atoms with Crippen molar-refractivity contribution in [2.75, 3.05) is 44.9 Å². The first-order valence-corrected chi connectivity index (χ1v) is 14.0. The van der Waals surface area contributed by atoms with Gasteiger partial charge in [-0.3, -0.25) is 4.79 Å². The van der Waals surface area contributed by atoms with E-state index in [0.29, 0.717) is 48.8 Å². The Morgan fingerprint density at radius 1 is 1.13 bits per heavy atom. The number of rotatable bonds is 8. The number of halogens is 1. The number of hydrogen-bond donors (Lipinski definition) is 0. The van der Waals surface area contributed by atoms with Gasteiger partial charge in [-0.05, 0) is 63.3 Å². The minimum atomic E-state index is -0.648. The molecule has 0 bridgehead atoms. The van der Waals surface area contributed by atoms with Gasteiger partial charge >= 0.3 is 0 Å². The number of hydrogen-bond acceptors (Lipinski definition) is 6. The second-order valence-corrected chi connectivity index (χ2v) is 11.8. The van der Waals surface area contributed by atoms with Crippen LogP contribution in [0.1, 0.15) is 88.9 Å². The van der Waals surface area contributed by atoms with Gasteiger partial charge in [0.05, 0.1) is 37.5 Å². The molecule has 0 amide bonds. The maximum absolute atomic E-state index is 16.1. The first kappa shape index (κ1) is 28.8. The van der Waals surface area contributed by atoms with E-state index in [1.54, 1.807) is 0 Å². The van der Waals surface area contributed by atoms with Crippen LogP contribution in [-0.4, -0.2) is 50.6 Å². The quantitative estimate of drug-likeness (QED) is 0.340. The number of allylic oxidation sites excluding steroid dienone is 1. The van der Waals surface area contributed by atoms with Crippen molar-refractivity contribution in [3.05, 3.63) is 52.3 Å². The van der Waals surface area contributed by atoms with E-state index in [4.69, 9.17) is 14.2 Å². The highest BCUT2D eigenvalue weighted by atomic mass is 19.1. The van der Waals surface area contributed by atoms with Crippen molar-refractivity contribution in [1.29, 1.82) is 0 Å². The average Bonchev–Trinajstić information content (AvgIpc) is 3.07. The van der Waals surface area contributed by atoms with Gasteiger partial charge in [0, 0.05) is 29.4 Å². The lowest BCUT2D eigenvalue weighted by Gasteiger charge is -2.36. The molecule has 0 saturated heterocycles. The summed E-state index contributed by atoms with van der Waals surface area (Å²) in [6.45, 7) is 18.4. The monoisotopic (exact) mass is 538 g/mol. The van der Waals surface area contributed by atoms with Crippen LogP contribution in [0.4, 0.5) is 10.1 Å². The lowest BCUT2D eigenvalue weighted by molar-refractivity contribution is 0.0912. The molecule has 0 atom stereocenters. The van der Waals surface area contributed by atoms with Crippen LogP contribution in [0.5, 0.6) is 17.2 Å². The standard InChI is InChI=1S/C32H43FN2O4/c1-10-13-23-27-21(18-26(37-11-2)30(28(27)33)38-12-3)32(7,8)35(23)19-25(36)20-16-22(31(4,5)6)29-24(17-20)34(9)14-15-39-29/h13,16-18H,10-12,14-15,19H2,1-9H3. The van der Waals surface area contributed by atoms with Crippen LogP contribution in [0.2, 0.25) is 0 Å². The van der Waals surface area contributed by atoms with Crippen LogP contribution in [0.25, 0.3) is 5.70 Å². The van der Waals surface area contributed by atoms with Crippen molar-refractivity contribution in [3.8, 4) is 17.2 Å². The molecule has 2 aromatic rings. The highest BCUT2D eigenvalue weighted by Crippen LogP contribution is 2.51. The van der Waals surface area contributed by atoms with E-state index in [2.05, 4.69) is 25.7 Å². The molecule has 0 radical (unpaired) electrons. The number of benzene rings is 2. The summed E-state index contributed by atoms with van der Waals surface area (Å²) in [5.41, 5.74) is 3.69. The van der Waals surface area contributed by atoms with E-state index in [9.17, 15) is 4.79 Å². The molecule has 0 spiro atoms. The van der Waals surface area contributed by atoms with Gasteiger partial charge in [0.15, 0.2) is 23.1 Å². The molecule has 0 saturated carbocycles. The van der Waals surface area contributed by atoms with E-state index < -0.39 is 11.4 Å². The highest BCUT2D eigenvalue weighted by Gasteiger charge is 2.44. The Morgan fingerprint density at radius 2 is 1.82 bits per heavy atom. The van der Waals surface area contributed by atoms with Crippen molar-refractivity contribution in [2.24, 2.45) is 0 Å². The summed E-state index contributed by atoms with van der Waals surface area (Å²) >= 11 is 0. The van der Waals surface area contributed by atoms with Gasteiger partial charge in [0.2, 0.25) is 0 Å². The molecule has 0 N–H and O–H groups in total. The number of carbonyl (C=O) groups excluding carboxylic acids is 1. The Morgan fingerprint density at radius 3 is 2.44 bits per heavy atom. The second kappa shape index (κ2) is 10.7. The molecular weight excluding hydrogens is 495 g/mol. The third-order valence-electron chi connectivity index (χ3n) is 7.64. The molecule has 6 nitrogen and oxygen atoms in total. The second-order valence-electron chi connectivity index (χ2n) is 11.8. The molecule has 2 aliphatic rings. The van der Waals surface area contributed by atoms with E-state index >= 15 is 4.39 Å². The van der Waals surface area contributed by atoms with E-state index in [0.717, 1.165) is 29.1 Å². The number of carbonyl (C=O) groups is 1. The maximum atomic E-state index is 16.1. The zero-order chi connectivity index (χ0) is 28.7. The maximum Gasteiger partial charge on any atom is 0.197 e. The van der Waals surface area contributed by atoms with Crippen molar-refractivity contribution < 1.29 is 23.4 Å². The molecule has 0 fully saturated rings. The Kier molecular flexibility index (Phi) is 7.93. The number of likely N-dealkylation sites (N-methyl/N-ethyl adjacent to an activating group) is 1. The Bertz CT molecular complexity index is 1290. The van der Waals surface area contributed by atoms with Gasteiger partial charge in [0.1, 0.15) is 12.4 Å². The van der Waals surface area contributed by atoms with Crippen molar-refractivity contribution in [2.45, 2.75) is 72.8 Å². The minimum absolute atomic E-state index is 0.0272. The van der Waals surface area contributed by atoms with Gasteiger partial charge in [-0.15, -0.1) is 0 Å². The third-order valence-corrected chi connectivity index (χ3v) is 7.64. The van der Waals surface area contributed by atoms with Crippen molar-refractivity contribution in [1.82, 2.24) is 4.90 Å². The fourth-order valence-corrected chi connectivity index (χ4v) is 5.56. The normalized spacial score (nSPS) is 17.1. The Hall–Kier alpha value is -3.22. The van der Waals surface area contributed by atoms with Gasteiger partial charge in [-0.1, -0.05) is 33.8 Å². The number of Topliss-reactive ketones (excluding diaryl/α,β-unsaturated/α-hetero) is 1. The summed E-state index contributed by atoms with van der Waals surface area (Å²) in [4.78, 5) is 18.2. The van der Waals surface area contributed by atoms with Gasteiger partial charge in [0.25, 0.3) is 0 Å². The summed E-state index contributed by atoms with van der Waals surface area (Å²) in [6, 6.07) is 5.79. The third kappa shape index (κ3) is 5.08. The lowest BCUT2D eigenvalue weighted by atomic mass is 9.84. The molecule has 2 heterocycles. The zero-order valence-electron chi connectivity index (χ0n) is 25.0. The molecule has 39 heavy (non-hydrogen) atoms. The fourth-order valence-electron chi connectivity index (χ4n) is 5.56. The van der Waals surface area contributed by atoms with Gasteiger partial charge < -0.3 is 24.0 Å². The van der Waals surface area contributed by atoms with Crippen LogP contribution in [0.3, 0.4) is 0 Å². The largest absolute Gasteiger partial charge is 0.490 e. The zero-order valence-corrected chi connectivity index (χ0v) is 25.0. The molecule has 2 aromatic carbocycles. The van der Waals surface area contributed by atoms with Crippen molar-refractivity contribution in [3.63, 3.8) is 0 Å². The molecule has 212 valence electrons.